The number of carbonyl (C=O) groups excluding carboxylic acids is 2. The van der Waals surface area contributed by atoms with Crippen LogP contribution in [0.1, 0.15) is 51.4 Å². The summed E-state index contributed by atoms with van der Waals surface area (Å²) in [5.74, 6) is 0.179. The number of benzene rings is 1. The Hall–Kier alpha value is -2.11. The predicted octanol–water partition coefficient (Wildman–Crippen LogP) is 3.91. The molecule has 3 rings (SSSR count). The van der Waals surface area contributed by atoms with Crippen molar-refractivity contribution in [1.29, 1.82) is 0 Å². The fourth-order valence-corrected chi connectivity index (χ4v) is 3.93. The molecule has 1 aliphatic heterocycles. The van der Waals surface area contributed by atoms with Crippen molar-refractivity contribution in [3.8, 4) is 0 Å². The number of nitrogens with one attached hydrogen (secondary N) is 2. The molecule has 1 atom stereocenters. The fourth-order valence-electron chi connectivity index (χ4n) is 3.93. The molecule has 2 fully saturated rings. The molecule has 26 heavy (non-hydrogen) atoms. The average molecular weight is 361 g/mol. The van der Waals surface area contributed by atoms with Gasteiger partial charge in [-0.15, -0.1) is 0 Å². The molecule has 1 unspecified atom stereocenters. The number of rotatable bonds is 5. The Morgan fingerprint density at radius 2 is 1.81 bits per heavy atom. The van der Waals surface area contributed by atoms with Crippen molar-refractivity contribution in [3.05, 3.63) is 30.1 Å². The second kappa shape index (κ2) is 9.01. The van der Waals surface area contributed by atoms with E-state index in [1.165, 1.54) is 25.0 Å². The van der Waals surface area contributed by atoms with E-state index in [2.05, 4.69) is 10.6 Å². The lowest BCUT2D eigenvalue weighted by Gasteiger charge is -2.32. The molecular formula is C20H28FN3O2. The Morgan fingerprint density at radius 1 is 1.08 bits per heavy atom. The van der Waals surface area contributed by atoms with Crippen LogP contribution >= 0.6 is 0 Å². The molecule has 142 valence electrons. The first kappa shape index (κ1) is 18.7. The number of hydrogen-bond acceptors (Lipinski definition) is 2. The van der Waals surface area contributed by atoms with Gasteiger partial charge in [0.05, 0.1) is 0 Å². The summed E-state index contributed by atoms with van der Waals surface area (Å²) >= 11 is 0. The number of anilines is 1. The second-order valence-corrected chi connectivity index (χ2v) is 7.48. The lowest BCUT2D eigenvalue weighted by atomic mass is 9.93. The van der Waals surface area contributed by atoms with Gasteiger partial charge in [-0.05, 0) is 62.3 Å². The van der Waals surface area contributed by atoms with E-state index in [1.54, 1.807) is 17.0 Å². The summed E-state index contributed by atoms with van der Waals surface area (Å²) in [5, 5.41) is 5.94. The van der Waals surface area contributed by atoms with E-state index in [0.29, 0.717) is 30.6 Å². The zero-order chi connectivity index (χ0) is 18.4. The summed E-state index contributed by atoms with van der Waals surface area (Å²) in [4.78, 5) is 26.3. The van der Waals surface area contributed by atoms with Crippen LogP contribution in [0, 0.1) is 11.7 Å². The number of urea groups is 1. The molecule has 1 heterocycles. The second-order valence-electron chi connectivity index (χ2n) is 7.48. The van der Waals surface area contributed by atoms with Crippen molar-refractivity contribution in [2.24, 2.45) is 5.92 Å². The van der Waals surface area contributed by atoms with E-state index in [-0.39, 0.29) is 17.8 Å². The molecule has 0 spiro atoms. The SMILES string of the molecule is O=C(CCC1CCCN(C(=O)Nc2ccc(F)cc2)C1)NC1CCCC1. The lowest BCUT2D eigenvalue weighted by molar-refractivity contribution is -0.122. The maximum atomic E-state index is 13.0. The monoisotopic (exact) mass is 361 g/mol. The molecule has 2 aliphatic rings. The van der Waals surface area contributed by atoms with Crippen LogP contribution in [-0.4, -0.2) is 36.0 Å². The van der Waals surface area contributed by atoms with E-state index in [4.69, 9.17) is 0 Å². The Labute approximate surface area is 154 Å². The number of amides is 3. The van der Waals surface area contributed by atoms with Crippen molar-refractivity contribution in [2.45, 2.75) is 57.4 Å². The Morgan fingerprint density at radius 3 is 2.54 bits per heavy atom. The summed E-state index contributed by atoms with van der Waals surface area (Å²) in [7, 11) is 0. The molecule has 1 saturated heterocycles. The number of likely N-dealkylation sites (tertiary alicyclic amines) is 1. The largest absolute Gasteiger partial charge is 0.353 e. The highest BCUT2D eigenvalue weighted by Gasteiger charge is 2.25. The van der Waals surface area contributed by atoms with Crippen molar-refractivity contribution in [2.75, 3.05) is 18.4 Å². The van der Waals surface area contributed by atoms with Crippen LogP contribution < -0.4 is 10.6 Å². The quantitative estimate of drug-likeness (QED) is 0.835. The third-order valence-electron chi connectivity index (χ3n) is 5.40. The highest BCUT2D eigenvalue weighted by atomic mass is 19.1. The molecule has 2 N–H and O–H groups in total. The normalized spacial score (nSPS) is 20.8. The number of piperidine rings is 1. The first-order valence-electron chi connectivity index (χ1n) is 9.71. The van der Waals surface area contributed by atoms with Crippen LogP contribution in [0.3, 0.4) is 0 Å². The van der Waals surface area contributed by atoms with Crippen LogP contribution in [0.15, 0.2) is 24.3 Å². The average Bonchev–Trinajstić information content (AvgIpc) is 3.15. The maximum absolute atomic E-state index is 13.0. The van der Waals surface area contributed by atoms with Gasteiger partial charge in [-0.3, -0.25) is 4.79 Å². The molecule has 6 heteroatoms. The van der Waals surface area contributed by atoms with Crippen molar-refractivity contribution in [3.63, 3.8) is 0 Å². The van der Waals surface area contributed by atoms with Crippen LogP contribution in [0.2, 0.25) is 0 Å². The minimum atomic E-state index is -0.322. The number of carbonyl (C=O) groups is 2. The minimum Gasteiger partial charge on any atom is -0.353 e. The van der Waals surface area contributed by atoms with E-state index in [9.17, 15) is 14.0 Å². The highest BCUT2D eigenvalue weighted by Crippen LogP contribution is 2.23. The molecule has 1 saturated carbocycles. The van der Waals surface area contributed by atoms with Crippen molar-refractivity contribution < 1.29 is 14.0 Å². The number of nitrogens with zero attached hydrogens (tertiary/aromatic N) is 1. The molecular weight excluding hydrogens is 333 g/mol. The van der Waals surface area contributed by atoms with Gasteiger partial charge in [0.25, 0.3) is 0 Å². The summed E-state index contributed by atoms with van der Waals surface area (Å²) in [6.07, 6.45) is 7.99. The van der Waals surface area contributed by atoms with E-state index >= 15 is 0 Å². The number of hydrogen-bond donors (Lipinski definition) is 2. The third kappa shape index (κ3) is 5.44. The van der Waals surface area contributed by atoms with Crippen LogP contribution in [0.25, 0.3) is 0 Å². The zero-order valence-electron chi connectivity index (χ0n) is 15.2. The molecule has 1 aliphatic carbocycles. The minimum absolute atomic E-state index is 0.143. The standard InChI is InChI=1S/C20H28FN3O2/c21-16-8-10-18(11-9-16)23-20(26)24-13-3-4-15(14-24)7-12-19(25)22-17-5-1-2-6-17/h8-11,15,17H,1-7,12-14H2,(H,22,25)(H,23,26). The predicted molar refractivity (Wildman–Crippen MR) is 99.3 cm³/mol. The van der Waals surface area contributed by atoms with Gasteiger partial charge in [0, 0.05) is 31.2 Å². The molecule has 0 bridgehead atoms. The van der Waals surface area contributed by atoms with Gasteiger partial charge >= 0.3 is 6.03 Å². The molecule has 1 aromatic rings. The highest BCUT2D eigenvalue weighted by molar-refractivity contribution is 5.89. The van der Waals surface area contributed by atoms with Gasteiger partial charge in [0.15, 0.2) is 0 Å². The smallest absolute Gasteiger partial charge is 0.321 e. The summed E-state index contributed by atoms with van der Waals surface area (Å²) in [6, 6.07) is 5.99. The van der Waals surface area contributed by atoms with Crippen molar-refractivity contribution >= 4 is 17.6 Å². The van der Waals surface area contributed by atoms with Crippen LogP contribution in [0.4, 0.5) is 14.9 Å². The molecule has 3 amide bonds. The van der Waals surface area contributed by atoms with Crippen molar-refractivity contribution in [1.82, 2.24) is 10.2 Å². The van der Waals surface area contributed by atoms with Gasteiger partial charge in [0.2, 0.25) is 5.91 Å². The maximum Gasteiger partial charge on any atom is 0.321 e. The van der Waals surface area contributed by atoms with Gasteiger partial charge in [-0.1, -0.05) is 12.8 Å². The van der Waals surface area contributed by atoms with Gasteiger partial charge < -0.3 is 15.5 Å². The molecule has 1 aromatic carbocycles. The third-order valence-corrected chi connectivity index (χ3v) is 5.40. The topological polar surface area (TPSA) is 61.4 Å². The van der Waals surface area contributed by atoms with Gasteiger partial charge in [-0.25, -0.2) is 9.18 Å². The van der Waals surface area contributed by atoms with E-state index in [1.807, 2.05) is 0 Å². The van der Waals surface area contributed by atoms with Crippen LogP contribution in [-0.2, 0) is 4.79 Å². The first-order chi connectivity index (χ1) is 12.6. The molecule has 5 nitrogen and oxygen atoms in total. The Bertz CT molecular complexity index is 614. The summed E-state index contributed by atoms with van der Waals surface area (Å²) in [5.41, 5.74) is 0.592. The number of halogens is 1. The molecule has 0 aromatic heterocycles. The summed E-state index contributed by atoms with van der Waals surface area (Å²) < 4.78 is 13.0. The zero-order valence-corrected chi connectivity index (χ0v) is 15.2. The van der Waals surface area contributed by atoms with Gasteiger partial charge in [0.1, 0.15) is 5.82 Å². The fraction of sp³-hybridized carbons (Fsp3) is 0.600. The first-order valence-corrected chi connectivity index (χ1v) is 9.71. The molecule has 0 radical (unpaired) electrons. The van der Waals surface area contributed by atoms with Gasteiger partial charge in [-0.2, -0.15) is 0 Å². The Kier molecular flexibility index (Phi) is 6.47. The Balaban J connectivity index is 1.42. The lowest BCUT2D eigenvalue weighted by Crippen LogP contribution is -2.42. The van der Waals surface area contributed by atoms with E-state index in [0.717, 1.165) is 38.6 Å². The summed E-state index contributed by atoms with van der Waals surface area (Å²) in [6.45, 7) is 1.39. The van der Waals surface area contributed by atoms with Crippen LogP contribution in [0.5, 0.6) is 0 Å². The van der Waals surface area contributed by atoms with E-state index < -0.39 is 0 Å².